The lowest BCUT2D eigenvalue weighted by molar-refractivity contribution is -0.138. The minimum absolute atomic E-state index is 0.0770. The zero-order chi connectivity index (χ0) is 15.9. The number of hydrogen-bond donors (Lipinski definition) is 1. The Morgan fingerprint density at radius 1 is 1.18 bits per heavy atom. The smallest absolute Gasteiger partial charge is 0.317 e. The Labute approximate surface area is 131 Å². The van der Waals surface area contributed by atoms with Gasteiger partial charge in [-0.3, -0.25) is 9.69 Å². The van der Waals surface area contributed by atoms with Gasteiger partial charge in [0.25, 0.3) is 0 Å². The van der Waals surface area contributed by atoms with Crippen LogP contribution in [0.15, 0.2) is 42.5 Å². The van der Waals surface area contributed by atoms with Gasteiger partial charge in [0.15, 0.2) is 0 Å². The molecule has 0 aliphatic rings. The van der Waals surface area contributed by atoms with E-state index in [2.05, 4.69) is 18.2 Å². The second-order valence-electron chi connectivity index (χ2n) is 5.67. The molecule has 2 aromatic carbocycles. The van der Waals surface area contributed by atoms with Crippen molar-refractivity contribution in [1.82, 2.24) is 4.90 Å². The van der Waals surface area contributed by atoms with Crippen LogP contribution in [0.25, 0.3) is 10.8 Å². The number of carbonyl (C=O) groups is 1. The van der Waals surface area contributed by atoms with Gasteiger partial charge in [0, 0.05) is 12.6 Å². The summed E-state index contributed by atoms with van der Waals surface area (Å²) < 4.78 is 5.78. The zero-order valence-corrected chi connectivity index (χ0v) is 13.2. The van der Waals surface area contributed by atoms with Crippen LogP contribution in [-0.4, -0.2) is 41.7 Å². The van der Waals surface area contributed by atoms with Crippen LogP contribution in [0.1, 0.15) is 20.3 Å². The van der Waals surface area contributed by atoms with Crippen molar-refractivity contribution in [2.24, 2.45) is 0 Å². The van der Waals surface area contributed by atoms with Gasteiger partial charge in [-0.15, -0.1) is 0 Å². The standard InChI is InChI=1S/C18H23NO3/c1-14(2)19(13-18(20)21)10-5-11-22-17-9-8-15-6-3-4-7-16(15)12-17/h3-4,6-9,12,14H,5,10-11,13H2,1-2H3,(H,20,21). The summed E-state index contributed by atoms with van der Waals surface area (Å²) in [6, 6.07) is 14.4. The minimum atomic E-state index is -0.788. The summed E-state index contributed by atoms with van der Waals surface area (Å²) in [6.45, 7) is 5.40. The molecule has 1 N–H and O–H groups in total. The number of aliphatic carboxylic acids is 1. The van der Waals surface area contributed by atoms with Crippen LogP contribution in [0.4, 0.5) is 0 Å². The van der Waals surface area contributed by atoms with E-state index in [0.717, 1.165) is 24.1 Å². The second-order valence-corrected chi connectivity index (χ2v) is 5.67. The molecule has 0 heterocycles. The fraction of sp³-hybridized carbons (Fsp3) is 0.389. The van der Waals surface area contributed by atoms with Crippen molar-refractivity contribution in [2.75, 3.05) is 19.7 Å². The molecular formula is C18H23NO3. The van der Waals surface area contributed by atoms with Crippen LogP contribution in [0, 0.1) is 0 Å². The maximum atomic E-state index is 10.8. The SMILES string of the molecule is CC(C)N(CCCOc1ccc2ccccc2c1)CC(=O)O. The molecule has 0 amide bonds. The fourth-order valence-corrected chi connectivity index (χ4v) is 2.41. The molecule has 0 radical (unpaired) electrons. The van der Waals surface area contributed by atoms with Crippen LogP contribution < -0.4 is 4.74 Å². The normalized spacial score (nSPS) is 11.3. The van der Waals surface area contributed by atoms with Gasteiger partial charge in [-0.1, -0.05) is 30.3 Å². The Morgan fingerprint density at radius 2 is 1.91 bits per heavy atom. The van der Waals surface area contributed by atoms with Gasteiger partial charge in [-0.2, -0.15) is 0 Å². The molecule has 0 saturated carbocycles. The van der Waals surface area contributed by atoms with E-state index in [0.29, 0.717) is 6.61 Å². The molecule has 4 heteroatoms. The van der Waals surface area contributed by atoms with E-state index in [1.807, 2.05) is 43.0 Å². The molecule has 0 spiro atoms. The van der Waals surface area contributed by atoms with Crippen molar-refractivity contribution in [1.29, 1.82) is 0 Å². The first-order valence-corrected chi connectivity index (χ1v) is 7.63. The van der Waals surface area contributed by atoms with E-state index >= 15 is 0 Å². The fourth-order valence-electron chi connectivity index (χ4n) is 2.41. The predicted octanol–water partition coefficient (Wildman–Crippen LogP) is 3.40. The van der Waals surface area contributed by atoms with Crippen LogP contribution in [0.5, 0.6) is 5.75 Å². The average molecular weight is 301 g/mol. The maximum absolute atomic E-state index is 10.8. The number of rotatable bonds is 8. The van der Waals surface area contributed by atoms with E-state index in [1.54, 1.807) is 0 Å². The largest absolute Gasteiger partial charge is 0.494 e. The molecule has 0 unspecified atom stereocenters. The Bertz CT molecular complexity index is 625. The van der Waals surface area contributed by atoms with E-state index in [9.17, 15) is 4.79 Å². The number of carboxylic acids is 1. The van der Waals surface area contributed by atoms with Gasteiger partial charge in [0.1, 0.15) is 5.75 Å². The van der Waals surface area contributed by atoms with Crippen LogP contribution >= 0.6 is 0 Å². The average Bonchev–Trinajstić information content (AvgIpc) is 2.49. The lowest BCUT2D eigenvalue weighted by atomic mass is 10.1. The minimum Gasteiger partial charge on any atom is -0.494 e. The van der Waals surface area contributed by atoms with E-state index in [-0.39, 0.29) is 12.6 Å². The second kappa shape index (κ2) is 7.80. The zero-order valence-electron chi connectivity index (χ0n) is 13.2. The van der Waals surface area contributed by atoms with Gasteiger partial charge in [0.05, 0.1) is 13.2 Å². The van der Waals surface area contributed by atoms with Crippen molar-refractivity contribution >= 4 is 16.7 Å². The number of carboxylic acid groups (broad SMARTS) is 1. The lowest BCUT2D eigenvalue weighted by Crippen LogP contribution is -2.36. The monoisotopic (exact) mass is 301 g/mol. The van der Waals surface area contributed by atoms with Crippen molar-refractivity contribution in [3.8, 4) is 5.75 Å². The van der Waals surface area contributed by atoms with Gasteiger partial charge >= 0.3 is 5.97 Å². The molecule has 2 aromatic rings. The molecule has 4 nitrogen and oxygen atoms in total. The van der Waals surface area contributed by atoms with Crippen LogP contribution in [0.2, 0.25) is 0 Å². The number of ether oxygens (including phenoxy) is 1. The van der Waals surface area contributed by atoms with Crippen LogP contribution in [-0.2, 0) is 4.79 Å². The maximum Gasteiger partial charge on any atom is 0.317 e. The molecule has 2 rings (SSSR count). The molecule has 0 bridgehead atoms. The number of nitrogens with zero attached hydrogens (tertiary/aromatic N) is 1. The highest BCUT2D eigenvalue weighted by molar-refractivity contribution is 5.83. The van der Waals surface area contributed by atoms with Crippen molar-refractivity contribution in [3.05, 3.63) is 42.5 Å². The molecule has 0 aliphatic carbocycles. The summed E-state index contributed by atoms with van der Waals surface area (Å²) >= 11 is 0. The van der Waals surface area contributed by atoms with Gasteiger partial charge in [-0.05, 0) is 43.2 Å². The molecule has 0 fully saturated rings. The first kappa shape index (κ1) is 16.3. The highest BCUT2D eigenvalue weighted by atomic mass is 16.5. The first-order chi connectivity index (χ1) is 10.6. The van der Waals surface area contributed by atoms with E-state index in [1.165, 1.54) is 5.39 Å². The molecule has 22 heavy (non-hydrogen) atoms. The molecule has 0 aliphatic heterocycles. The van der Waals surface area contributed by atoms with Gasteiger partial charge in [0.2, 0.25) is 0 Å². The Hall–Kier alpha value is -2.07. The third-order valence-corrected chi connectivity index (χ3v) is 3.65. The molecule has 0 aromatic heterocycles. The highest BCUT2D eigenvalue weighted by Crippen LogP contribution is 2.20. The van der Waals surface area contributed by atoms with Crippen molar-refractivity contribution in [3.63, 3.8) is 0 Å². The number of benzene rings is 2. The highest BCUT2D eigenvalue weighted by Gasteiger charge is 2.12. The first-order valence-electron chi connectivity index (χ1n) is 7.63. The van der Waals surface area contributed by atoms with Gasteiger partial charge < -0.3 is 9.84 Å². The van der Waals surface area contributed by atoms with Crippen LogP contribution in [0.3, 0.4) is 0 Å². The topological polar surface area (TPSA) is 49.8 Å². The summed E-state index contributed by atoms with van der Waals surface area (Å²) in [5.74, 6) is 0.0668. The molecule has 0 saturated heterocycles. The molecule has 118 valence electrons. The summed E-state index contributed by atoms with van der Waals surface area (Å²) in [5.41, 5.74) is 0. The molecular weight excluding hydrogens is 278 g/mol. The van der Waals surface area contributed by atoms with Gasteiger partial charge in [-0.25, -0.2) is 0 Å². The Morgan fingerprint density at radius 3 is 2.59 bits per heavy atom. The van der Waals surface area contributed by atoms with E-state index < -0.39 is 5.97 Å². The van der Waals surface area contributed by atoms with Crippen molar-refractivity contribution in [2.45, 2.75) is 26.3 Å². The summed E-state index contributed by atoms with van der Waals surface area (Å²) in [7, 11) is 0. The summed E-state index contributed by atoms with van der Waals surface area (Å²) in [4.78, 5) is 12.8. The summed E-state index contributed by atoms with van der Waals surface area (Å²) in [6.07, 6.45) is 0.804. The summed E-state index contributed by atoms with van der Waals surface area (Å²) in [5, 5.41) is 11.3. The molecule has 0 atom stereocenters. The predicted molar refractivity (Wildman–Crippen MR) is 88.4 cm³/mol. The third kappa shape index (κ3) is 4.74. The number of hydrogen-bond acceptors (Lipinski definition) is 3. The van der Waals surface area contributed by atoms with Crippen molar-refractivity contribution < 1.29 is 14.6 Å². The lowest BCUT2D eigenvalue weighted by Gasteiger charge is -2.24. The number of fused-ring (bicyclic) bond motifs is 1. The Kier molecular flexibility index (Phi) is 5.78. The van der Waals surface area contributed by atoms with E-state index in [4.69, 9.17) is 9.84 Å². The Balaban J connectivity index is 1.83. The quantitative estimate of drug-likeness (QED) is 0.759. The third-order valence-electron chi connectivity index (χ3n) is 3.65.